The molecular weight excluding hydrogens is 360 g/mol. The van der Waals surface area contributed by atoms with Crippen molar-refractivity contribution in [3.63, 3.8) is 0 Å². The molecule has 2 atom stereocenters. The van der Waals surface area contributed by atoms with Gasteiger partial charge in [0.15, 0.2) is 0 Å². The van der Waals surface area contributed by atoms with Crippen LogP contribution in [0.5, 0.6) is 0 Å². The van der Waals surface area contributed by atoms with Gasteiger partial charge in [-0.05, 0) is 99.7 Å². The first-order chi connectivity index (χ1) is 14.7. The highest BCUT2D eigenvalue weighted by atomic mass is 14.4. The third-order valence-corrected chi connectivity index (χ3v) is 9.12. The molecule has 0 aromatic rings. The number of hydrogen-bond donors (Lipinski definition) is 0. The molecule has 3 rings (SSSR count). The van der Waals surface area contributed by atoms with E-state index in [1.807, 2.05) is 0 Å². The highest BCUT2D eigenvalue weighted by Gasteiger charge is 2.39. The van der Waals surface area contributed by atoms with E-state index >= 15 is 0 Å². The summed E-state index contributed by atoms with van der Waals surface area (Å²) in [6, 6.07) is 0. The van der Waals surface area contributed by atoms with Gasteiger partial charge in [-0.2, -0.15) is 0 Å². The molecule has 170 valence electrons. The van der Waals surface area contributed by atoms with E-state index in [0.717, 1.165) is 23.7 Å². The van der Waals surface area contributed by atoms with Gasteiger partial charge in [0.05, 0.1) is 0 Å². The van der Waals surface area contributed by atoms with Crippen LogP contribution in [-0.4, -0.2) is 0 Å². The van der Waals surface area contributed by atoms with Gasteiger partial charge in [-0.1, -0.05) is 82.2 Å². The van der Waals surface area contributed by atoms with E-state index in [0.29, 0.717) is 5.41 Å². The zero-order valence-electron chi connectivity index (χ0n) is 20.2. The van der Waals surface area contributed by atoms with Crippen LogP contribution in [-0.2, 0) is 0 Å². The normalized spacial score (nSPS) is 32.2. The molecule has 0 N–H and O–H groups in total. The summed E-state index contributed by atoms with van der Waals surface area (Å²) in [4.78, 5) is 0. The Bertz CT molecular complexity index is 538. The fourth-order valence-corrected chi connectivity index (χ4v) is 7.01. The Kier molecular flexibility index (Phi) is 9.79. The molecule has 30 heavy (non-hydrogen) atoms. The average molecular weight is 411 g/mol. The Morgan fingerprint density at radius 1 is 0.933 bits per heavy atom. The average Bonchev–Trinajstić information content (AvgIpc) is 2.81. The van der Waals surface area contributed by atoms with Gasteiger partial charge in [0.1, 0.15) is 0 Å². The Hall–Kier alpha value is -0.780. The van der Waals surface area contributed by atoms with Crippen molar-refractivity contribution in [1.29, 1.82) is 0 Å². The molecule has 2 unspecified atom stereocenters. The van der Waals surface area contributed by atoms with E-state index < -0.39 is 0 Å². The van der Waals surface area contributed by atoms with Gasteiger partial charge in [-0.3, -0.25) is 0 Å². The highest BCUT2D eigenvalue weighted by Crippen LogP contribution is 2.52. The van der Waals surface area contributed by atoms with Crippen LogP contribution in [0.3, 0.4) is 0 Å². The molecule has 0 heterocycles. The lowest BCUT2D eigenvalue weighted by Crippen LogP contribution is -2.33. The summed E-state index contributed by atoms with van der Waals surface area (Å²) in [5.74, 6) is 3.28. The van der Waals surface area contributed by atoms with Gasteiger partial charge >= 0.3 is 0 Å². The lowest BCUT2D eigenvalue weighted by Gasteiger charge is -2.45. The predicted molar refractivity (Wildman–Crippen MR) is 134 cm³/mol. The summed E-state index contributed by atoms with van der Waals surface area (Å²) < 4.78 is 0. The second-order valence-corrected chi connectivity index (χ2v) is 11.0. The molecule has 3 saturated carbocycles. The maximum absolute atomic E-state index is 4.85. The van der Waals surface area contributed by atoms with Crippen LogP contribution in [0.25, 0.3) is 0 Å². The SMILES string of the molecule is C=CC1CCC(CC/C=C/C2CCCCC2C(=C)C2(CCCC)CCCCC2)CC1. The Balaban J connectivity index is 1.55. The van der Waals surface area contributed by atoms with Gasteiger partial charge in [0.25, 0.3) is 0 Å². The quantitative estimate of drug-likeness (QED) is 0.314. The topological polar surface area (TPSA) is 0 Å². The molecule has 0 bridgehead atoms. The number of rotatable bonds is 10. The molecule has 3 aliphatic carbocycles. The molecule has 0 nitrogen and oxygen atoms in total. The molecule has 3 fully saturated rings. The molecule has 0 radical (unpaired) electrons. The van der Waals surface area contributed by atoms with Crippen molar-refractivity contribution < 1.29 is 0 Å². The van der Waals surface area contributed by atoms with Crippen molar-refractivity contribution in [2.45, 2.75) is 122 Å². The summed E-state index contributed by atoms with van der Waals surface area (Å²) in [6.45, 7) is 11.2. The predicted octanol–water partition coefficient (Wildman–Crippen LogP) is 9.82. The molecule has 0 aliphatic heterocycles. The molecule has 0 spiro atoms. The van der Waals surface area contributed by atoms with Crippen molar-refractivity contribution in [3.05, 3.63) is 37.0 Å². The van der Waals surface area contributed by atoms with Gasteiger partial charge in [-0.15, -0.1) is 6.58 Å². The molecule has 0 saturated heterocycles. The van der Waals surface area contributed by atoms with Crippen LogP contribution in [0.15, 0.2) is 37.0 Å². The Morgan fingerprint density at radius 2 is 1.67 bits per heavy atom. The fourth-order valence-electron chi connectivity index (χ4n) is 7.01. The largest absolute Gasteiger partial charge is 0.103 e. The Labute approximate surface area is 188 Å². The monoisotopic (exact) mass is 410 g/mol. The van der Waals surface area contributed by atoms with Crippen molar-refractivity contribution >= 4 is 0 Å². The van der Waals surface area contributed by atoms with Crippen LogP contribution >= 0.6 is 0 Å². The van der Waals surface area contributed by atoms with E-state index in [4.69, 9.17) is 6.58 Å². The summed E-state index contributed by atoms with van der Waals surface area (Å²) in [5.41, 5.74) is 2.15. The van der Waals surface area contributed by atoms with E-state index in [1.165, 1.54) is 116 Å². The minimum Gasteiger partial charge on any atom is -0.103 e. The summed E-state index contributed by atoms with van der Waals surface area (Å²) in [5, 5.41) is 0. The van der Waals surface area contributed by atoms with Crippen LogP contribution in [0, 0.1) is 29.1 Å². The number of hydrogen-bond acceptors (Lipinski definition) is 0. The lowest BCUT2D eigenvalue weighted by molar-refractivity contribution is 0.173. The number of unbranched alkanes of at least 4 members (excludes halogenated alkanes) is 1. The molecule has 0 aromatic heterocycles. The van der Waals surface area contributed by atoms with Gasteiger partial charge < -0.3 is 0 Å². The zero-order valence-corrected chi connectivity index (χ0v) is 20.2. The zero-order chi connectivity index (χ0) is 21.2. The van der Waals surface area contributed by atoms with Gasteiger partial charge in [0, 0.05) is 0 Å². The first-order valence-electron chi connectivity index (χ1n) is 13.7. The second kappa shape index (κ2) is 12.3. The van der Waals surface area contributed by atoms with Gasteiger partial charge in [-0.25, -0.2) is 0 Å². The van der Waals surface area contributed by atoms with Crippen LogP contribution in [0.1, 0.15) is 122 Å². The maximum atomic E-state index is 4.85. The first-order valence-corrected chi connectivity index (χ1v) is 13.7. The second-order valence-electron chi connectivity index (χ2n) is 11.0. The lowest BCUT2D eigenvalue weighted by atomic mass is 9.60. The minimum atomic E-state index is 0.478. The summed E-state index contributed by atoms with van der Waals surface area (Å²) in [7, 11) is 0. The van der Waals surface area contributed by atoms with Crippen LogP contribution in [0.4, 0.5) is 0 Å². The highest BCUT2D eigenvalue weighted by molar-refractivity contribution is 5.19. The van der Waals surface area contributed by atoms with Crippen molar-refractivity contribution in [2.75, 3.05) is 0 Å². The smallest absolute Gasteiger partial charge is 0.00878 e. The first kappa shape index (κ1) is 23.9. The third-order valence-electron chi connectivity index (χ3n) is 9.12. The fraction of sp³-hybridized carbons (Fsp3) is 0.800. The molecule has 0 aromatic carbocycles. The standard InChI is InChI=1S/C30H50/c1-4-6-22-30(23-12-7-13-24-30)25(3)29-17-11-10-16-28(29)15-9-8-14-27-20-18-26(5-2)19-21-27/h5,9,15,26-29H,2-4,6-8,10-14,16-24H2,1H3/b15-9+. The molecular formula is C30H50. The summed E-state index contributed by atoms with van der Waals surface area (Å²) >= 11 is 0. The Morgan fingerprint density at radius 3 is 2.37 bits per heavy atom. The van der Waals surface area contributed by atoms with Crippen molar-refractivity contribution in [1.82, 2.24) is 0 Å². The van der Waals surface area contributed by atoms with Crippen molar-refractivity contribution in [3.8, 4) is 0 Å². The van der Waals surface area contributed by atoms with Crippen molar-refractivity contribution in [2.24, 2.45) is 29.1 Å². The number of allylic oxidation sites excluding steroid dienone is 4. The maximum Gasteiger partial charge on any atom is -0.00878 e. The summed E-state index contributed by atoms with van der Waals surface area (Å²) in [6.07, 6.45) is 32.6. The molecule has 0 heteroatoms. The molecule has 0 amide bonds. The van der Waals surface area contributed by atoms with E-state index in [2.05, 4.69) is 31.7 Å². The van der Waals surface area contributed by atoms with E-state index in [1.54, 1.807) is 5.57 Å². The minimum absolute atomic E-state index is 0.478. The van der Waals surface area contributed by atoms with Gasteiger partial charge in [0.2, 0.25) is 0 Å². The van der Waals surface area contributed by atoms with E-state index in [-0.39, 0.29) is 0 Å². The van der Waals surface area contributed by atoms with Crippen LogP contribution < -0.4 is 0 Å². The molecule has 3 aliphatic rings. The third kappa shape index (κ3) is 6.37. The van der Waals surface area contributed by atoms with Crippen LogP contribution in [0.2, 0.25) is 0 Å². The van der Waals surface area contributed by atoms with E-state index in [9.17, 15) is 0 Å².